The van der Waals surface area contributed by atoms with Gasteiger partial charge >= 0.3 is 13.3 Å². The lowest BCUT2D eigenvalue weighted by atomic mass is 9.78. The summed E-state index contributed by atoms with van der Waals surface area (Å²) in [5.74, 6) is -2.71. The zero-order chi connectivity index (χ0) is 11.8. The second kappa shape index (κ2) is 3.71. The van der Waals surface area contributed by atoms with E-state index in [-0.39, 0.29) is 6.07 Å². The van der Waals surface area contributed by atoms with E-state index >= 15 is 0 Å². The Morgan fingerprint density at radius 1 is 1.13 bits per heavy atom. The van der Waals surface area contributed by atoms with Crippen LogP contribution >= 0.6 is 0 Å². The minimum atomic E-state index is -5.01. The third-order valence-electron chi connectivity index (χ3n) is 1.67. The van der Waals surface area contributed by atoms with Crippen molar-refractivity contribution >= 4 is 12.6 Å². The molecule has 82 valence electrons. The van der Waals surface area contributed by atoms with E-state index in [0.29, 0.717) is 6.07 Å². The largest absolute Gasteiger partial charge is 0.508 e. The first-order chi connectivity index (χ1) is 6.73. The van der Waals surface area contributed by atoms with Gasteiger partial charge in [0.05, 0.1) is 5.56 Å². The molecule has 0 saturated carbocycles. The minimum absolute atomic E-state index is 0.168. The van der Waals surface area contributed by atoms with Crippen LogP contribution in [0.2, 0.25) is 0 Å². The molecule has 3 N–H and O–H groups in total. The van der Waals surface area contributed by atoms with E-state index in [1.807, 2.05) is 0 Å². The van der Waals surface area contributed by atoms with Crippen LogP contribution < -0.4 is 5.46 Å². The molecule has 1 aromatic carbocycles. The van der Waals surface area contributed by atoms with E-state index in [9.17, 15) is 17.6 Å². The van der Waals surface area contributed by atoms with Crippen LogP contribution in [0, 0.1) is 5.82 Å². The van der Waals surface area contributed by atoms with Crippen molar-refractivity contribution in [3.05, 3.63) is 23.5 Å². The molecular weight excluding hydrogens is 219 g/mol. The van der Waals surface area contributed by atoms with Crippen molar-refractivity contribution in [3.8, 4) is 5.75 Å². The molecule has 0 aliphatic carbocycles. The number of rotatable bonds is 1. The summed E-state index contributed by atoms with van der Waals surface area (Å²) in [7, 11) is -2.42. The normalized spacial score (nSPS) is 11.6. The minimum Gasteiger partial charge on any atom is -0.508 e. The van der Waals surface area contributed by atoms with Gasteiger partial charge in [-0.1, -0.05) is 0 Å². The average molecular weight is 224 g/mol. The van der Waals surface area contributed by atoms with E-state index in [1.54, 1.807) is 0 Å². The summed E-state index contributed by atoms with van der Waals surface area (Å²) >= 11 is 0. The summed E-state index contributed by atoms with van der Waals surface area (Å²) in [6, 6.07) is 0.677. The Bertz CT molecular complexity index is 377. The van der Waals surface area contributed by atoms with Crippen LogP contribution in [0.3, 0.4) is 0 Å². The number of halogens is 4. The van der Waals surface area contributed by atoms with Crippen molar-refractivity contribution in [2.24, 2.45) is 0 Å². The fourth-order valence-corrected chi connectivity index (χ4v) is 1.03. The van der Waals surface area contributed by atoms with E-state index in [4.69, 9.17) is 15.2 Å². The summed E-state index contributed by atoms with van der Waals surface area (Å²) in [6.45, 7) is 0. The quantitative estimate of drug-likeness (QED) is 0.472. The number of phenols is 1. The molecule has 0 amide bonds. The third kappa shape index (κ3) is 2.39. The molecule has 0 heterocycles. The molecular formula is C7H5BF4O3. The van der Waals surface area contributed by atoms with E-state index < -0.39 is 35.9 Å². The highest BCUT2D eigenvalue weighted by Gasteiger charge is 2.37. The molecule has 0 radical (unpaired) electrons. The lowest BCUT2D eigenvalue weighted by molar-refractivity contribution is -0.140. The standard InChI is InChI=1S/C7H5BF4O3/c9-6-4(7(10,11)12)1-3(13)2-5(6)8(14)15/h1-2,13-15H. The van der Waals surface area contributed by atoms with Gasteiger partial charge in [0.2, 0.25) is 0 Å². The van der Waals surface area contributed by atoms with Crippen molar-refractivity contribution in [1.29, 1.82) is 0 Å². The van der Waals surface area contributed by atoms with E-state index in [0.717, 1.165) is 0 Å². The Hall–Kier alpha value is -1.28. The number of alkyl halides is 3. The van der Waals surface area contributed by atoms with Gasteiger partial charge < -0.3 is 15.2 Å². The first-order valence-electron chi connectivity index (χ1n) is 3.69. The summed E-state index contributed by atoms with van der Waals surface area (Å²) in [6.07, 6.45) is -5.01. The van der Waals surface area contributed by atoms with E-state index in [2.05, 4.69) is 0 Å². The molecule has 0 aliphatic heterocycles. The molecule has 0 bridgehead atoms. The first-order valence-corrected chi connectivity index (χ1v) is 3.69. The highest BCUT2D eigenvalue weighted by Crippen LogP contribution is 2.32. The van der Waals surface area contributed by atoms with Crippen molar-refractivity contribution in [1.82, 2.24) is 0 Å². The molecule has 1 aromatic rings. The Kier molecular flexibility index (Phi) is 2.92. The second-order valence-electron chi connectivity index (χ2n) is 2.77. The van der Waals surface area contributed by atoms with Gasteiger partial charge in [-0.25, -0.2) is 4.39 Å². The van der Waals surface area contributed by atoms with Gasteiger partial charge in [0.25, 0.3) is 0 Å². The zero-order valence-electron chi connectivity index (χ0n) is 7.09. The van der Waals surface area contributed by atoms with Crippen LogP contribution in [-0.4, -0.2) is 22.3 Å². The first kappa shape index (κ1) is 11.8. The number of hydrogen-bond donors (Lipinski definition) is 3. The predicted octanol–water partition coefficient (Wildman–Crippen LogP) is 0.230. The second-order valence-corrected chi connectivity index (χ2v) is 2.77. The maximum Gasteiger partial charge on any atom is 0.491 e. The van der Waals surface area contributed by atoms with Crippen LogP contribution in [-0.2, 0) is 6.18 Å². The maximum absolute atomic E-state index is 13.0. The third-order valence-corrected chi connectivity index (χ3v) is 1.67. The maximum atomic E-state index is 13.0. The van der Waals surface area contributed by atoms with Crippen LogP contribution in [0.5, 0.6) is 5.75 Å². The fourth-order valence-electron chi connectivity index (χ4n) is 1.03. The van der Waals surface area contributed by atoms with Gasteiger partial charge in [0, 0.05) is 5.46 Å². The number of benzene rings is 1. The molecule has 0 spiro atoms. The summed E-state index contributed by atoms with van der Waals surface area (Å²) in [5, 5.41) is 26.0. The molecule has 0 atom stereocenters. The molecule has 8 heteroatoms. The van der Waals surface area contributed by atoms with Crippen LogP contribution in [0.15, 0.2) is 12.1 Å². The van der Waals surface area contributed by atoms with Crippen molar-refractivity contribution < 1.29 is 32.7 Å². The van der Waals surface area contributed by atoms with Gasteiger partial charge in [-0.05, 0) is 12.1 Å². The van der Waals surface area contributed by atoms with Gasteiger partial charge in [0.15, 0.2) is 0 Å². The Balaban J connectivity index is 3.42. The van der Waals surface area contributed by atoms with Gasteiger partial charge in [-0.15, -0.1) is 0 Å². The Morgan fingerprint density at radius 3 is 2.07 bits per heavy atom. The van der Waals surface area contributed by atoms with Crippen LogP contribution in [0.1, 0.15) is 5.56 Å². The highest BCUT2D eigenvalue weighted by atomic mass is 19.4. The van der Waals surface area contributed by atoms with E-state index in [1.165, 1.54) is 0 Å². The molecule has 0 aliphatic rings. The molecule has 15 heavy (non-hydrogen) atoms. The molecule has 0 saturated heterocycles. The topological polar surface area (TPSA) is 60.7 Å². The molecule has 1 rings (SSSR count). The van der Waals surface area contributed by atoms with Gasteiger partial charge in [0.1, 0.15) is 11.6 Å². The predicted molar refractivity (Wildman–Crippen MR) is 42.9 cm³/mol. The Morgan fingerprint density at radius 2 is 1.67 bits per heavy atom. The molecule has 3 nitrogen and oxygen atoms in total. The fraction of sp³-hybridized carbons (Fsp3) is 0.143. The van der Waals surface area contributed by atoms with Crippen molar-refractivity contribution in [2.75, 3.05) is 0 Å². The summed E-state index contributed by atoms with van der Waals surface area (Å²) < 4.78 is 49.5. The Labute approximate surface area is 81.7 Å². The average Bonchev–Trinajstić information content (AvgIpc) is 2.06. The molecule has 0 unspecified atom stereocenters. The zero-order valence-corrected chi connectivity index (χ0v) is 7.09. The van der Waals surface area contributed by atoms with Crippen molar-refractivity contribution in [2.45, 2.75) is 6.18 Å². The van der Waals surface area contributed by atoms with Gasteiger partial charge in [-0.3, -0.25) is 0 Å². The number of phenolic OH excluding ortho intramolecular Hbond substituents is 1. The molecule has 0 fully saturated rings. The number of aromatic hydroxyl groups is 1. The summed E-state index contributed by atoms with van der Waals surface area (Å²) in [4.78, 5) is 0. The smallest absolute Gasteiger partial charge is 0.491 e. The van der Waals surface area contributed by atoms with Crippen LogP contribution in [0.25, 0.3) is 0 Å². The summed E-state index contributed by atoms with van der Waals surface area (Å²) in [5.41, 5.74) is -2.77. The van der Waals surface area contributed by atoms with Crippen molar-refractivity contribution in [3.63, 3.8) is 0 Å². The van der Waals surface area contributed by atoms with Gasteiger partial charge in [-0.2, -0.15) is 13.2 Å². The lowest BCUT2D eigenvalue weighted by Crippen LogP contribution is -2.34. The van der Waals surface area contributed by atoms with Crippen LogP contribution in [0.4, 0.5) is 17.6 Å². The monoisotopic (exact) mass is 224 g/mol. The highest BCUT2D eigenvalue weighted by molar-refractivity contribution is 6.58. The molecule has 0 aromatic heterocycles. The lowest BCUT2D eigenvalue weighted by Gasteiger charge is -2.11. The number of hydrogen-bond acceptors (Lipinski definition) is 3. The SMILES string of the molecule is OB(O)c1cc(O)cc(C(F)(F)F)c1F.